The molecule has 3 aromatic rings. The second-order valence-corrected chi connectivity index (χ2v) is 8.84. The Morgan fingerprint density at radius 2 is 1.50 bits per heavy atom. The molecule has 0 atom stereocenters. The highest BCUT2D eigenvalue weighted by Gasteiger charge is 2.25. The van der Waals surface area contributed by atoms with Crippen molar-refractivity contribution < 1.29 is 4.79 Å². The number of aromatic nitrogens is 2. The Labute approximate surface area is 199 Å². The summed E-state index contributed by atoms with van der Waals surface area (Å²) in [6.07, 6.45) is 1.59. The van der Waals surface area contributed by atoms with Gasteiger partial charge in [-0.3, -0.25) is 4.79 Å². The van der Waals surface area contributed by atoms with Crippen molar-refractivity contribution in [2.75, 3.05) is 31.1 Å². The highest BCUT2D eigenvalue weighted by Crippen LogP contribution is 2.27. The van der Waals surface area contributed by atoms with E-state index in [1.54, 1.807) is 24.3 Å². The van der Waals surface area contributed by atoms with Crippen LogP contribution in [0, 0.1) is 6.92 Å². The minimum Gasteiger partial charge on any atom is -0.353 e. The van der Waals surface area contributed by atoms with Crippen LogP contribution in [0.3, 0.4) is 0 Å². The van der Waals surface area contributed by atoms with Gasteiger partial charge in [0.1, 0.15) is 11.6 Å². The molecule has 32 heavy (non-hydrogen) atoms. The average Bonchev–Trinajstić information content (AvgIpc) is 2.81. The Kier molecular flexibility index (Phi) is 6.97. The maximum atomic E-state index is 12.9. The van der Waals surface area contributed by atoms with Gasteiger partial charge in [0.2, 0.25) is 0 Å². The van der Waals surface area contributed by atoms with E-state index in [0.29, 0.717) is 23.7 Å². The number of anilines is 1. The van der Waals surface area contributed by atoms with Crippen LogP contribution in [0.4, 0.5) is 5.82 Å². The van der Waals surface area contributed by atoms with Crippen molar-refractivity contribution in [3.63, 3.8) is 0 Å². The second-order valence-electron chi connectivity index (χ2n) is 7.96. The van der Waals surface area contributed by atoms with E-state index in [4.69, 9.17) is 33.2 Å². The SMILES string of the molecule is CCc1nc(C)nc(N2CCN(C(=O)c3ccc(Cl)cc3)CC2)c1Cc1ccc(Cl)cc1. The maximum absolute atomic E-state index is 12.9. The van der Waals surface area contributed by atoms with Gasteiger partial charge in [-0.25, -0.2) is 9.97 Å². The number of aryl methyl sites for hydroxylation is 2. The Balaban J connectivity index is 1.54. The summed E-state index contributed by atoms with van der Waals surface area (Å²) in [6.45, 7) is 6.81. The molecule has 1 aromatic heterocycles. The summed E-state index contributed by atoms with van der Waals surface area (Å²) in [7, 11) is 0. The molecule has 2 aromatic carbocycles. The zero-order valence-electron chi connectivity index (χ0n) is 18.3. The normalized spacial score (nSPS) is 14.0. The first-order valence-electron chi connectivity index (χ1n) is 10.8. The summed E-state index contributed by atoms with van der Waals surface area (Å²) < 4.78 is 0. The van der Waals surface area contributed by atoms with E-state index >= 15 is 0 Å². The van der Waals surface area contributed by atoms with Crippen LogP contribution in [0.15, 0.2) is 48.5 Å². The number of carbonyl (C=O) groups excluding carboxylic acids is 1. The first-order chi connectivity index (χ1) is 15.4. The molecule has 1 aliphatic rings. The van der Waals surface area contributed by atoms with E-state index in [0.717, 1.165) is 53.9 Å². The fraction of sp³-hybridized carbons (Fsp3) is 0.320. The molecule has 2 heterocycles. The van der Waals surface area contributed by atoms with Gasteiger partial charge in [-0.05, 0) is 55.3 Å². The Morgan fingerprint density at radius 3 is 2.09 bits per heavy atom. The monoisotopic (exact) mass is 468 g/mol. The molecular weight excluding hydrogens is 443 g/mol. The lowest BCUT2D eigenvalue weighted by Crippen LogP contribution is -2.49. The van der Waals surface area contributed by atoms with Crippen molar-refractivity contribution in [1.82, 2.24) is 14.9 Å². The van der Waals surface area contributed by atoms with Gasteiger partial charge in [0.25, 0.3) is 5.91 Å². The van der Waals surface area contributed by atoms with Crippen LogP contribution >= 0.6 is 23.2 Å². The van der Waals surface area contributed by atoms with Crippen LogP contribution in [0.2, 0.25) is 10.0 Å². The fourth-order valence-corrected chi connectivity index (χ4v) is 4.33. The zero-order valence-corrected chi connectivity index (χ0v) is 19.8. The van der Waals surface area contributed by atoms with Crippen molar-refractivity contribution in [3.05, 3.63) is 86.8 Å². The molecule has 0 aliphatic carbocycles. The molecule has 4 rings (SSSR count). The second kappa shape index (κ2) is 9.88. The summed E-state index contributed by atoms with van der Waals surface area (Å²) in [5.74, 6) is 1.79. The van der Waals surface area contributed by atoms with Crippen LogP contribution in [-0.2, 0) is 12.8 Å². The van der Waals surface area contributed by atoms with E-state index in [1.807, 2.05) is 36.1 Å². The molecule has 7 heteroatoms. The summed E-state index contributed by atoms with van der Waals surface area (Å²) in [5.41, 5.74) is 4.06. The Hall–Kier alpha value is -2.63. The molecule has 0 radical (unpaired) electrons. The van der Waals surface area contributed by atoms with Crippen LogP contribution in [0.5, 0.6) is 0 Å². The minimum absolute atomic E-state index is 0.0378. The maximum Gasteiger partial charge on any atom is 0.253 e. The largest absolute Gasteiger partial charge is 0.353 e. The summed E-state index contributed by atoms with van der Waals surface area (Å²) in [4.78, 5) is 26.6. The number of carbonyl (C=O) groups is 1. The molecule has 0 saturated carbocycles. The third-order valence-electron chi connectivity index (χ3n) is 5.77. The summed E-state index contributed by atoms with van der Waals surface area (Å²) >= 11 is 12.0. The number of nitrogens with zero attached hydrogens (tertiary/aromatic N) is 4. The van der Waals surface area contributed by atoms with Crippen molar-refractivity contribution in [3.8, 4) is 0 Å². The molecule has 1 saturated heterocycles. The van der Waals surface area contributed by atoms with Gasteiger partial charge in [0, 0.05) is 59.5 Å². The highest BCUT2D eigenvalue weighted by atomic mass is 35.5. The summed E-state index contributed by atoms with van der Waals surface area (Å²) in [6, 6.07) is 15.0. The molecule has 0 unspecified atom stereocenters. The van der Waals surface area contributed by atoms with Crippen molar-refractivity contribution in [2.45, 2.75) is 26.7 Å². The minimum atomic E-state index is 0.0378. The van der Waals surface area contributed by atoms with Gasteiger partial charge in [-0.2, -0.15) is 0 Å². The van der Waals surface area contributed by atoms with Gasteiger partial charge >= 0.3 is 0 Å². The molecule has 0 bridgehead atoms. The van der Waals surface area contributed by atoms with Crippen molar-refractivity contribution >= 4 is 34.9 Å². The predicted molar refractivity (Wildman–Crippen MR) is 130 cm³/mol. The van der Waals surface area contributed by atoms with Gasteiger partial charge in [-0.15, -0.1) is 0 Å². The third kappa shape index (κ3) is 5.05. The number of rotatable bonds is 5. The Morgan fingerprint density at radius 1 is 0.906 bits per heavy atom. The van der Waals surface area contributed by atoms with E-state index in [2.05, 4.69) is 11.8 Å². The topological polar surface area (TPSA) is 49.3 Å². The standard InChI is InChI=1S/C25H26Cl2N4O/c1-3-23-22(16-18-4-8-20(26)9-5-18)24(29-17(2)28-23)30-12-14-31(15-13-30)25(32)19-6-10-21(27)11-7-19/h4-11H,3,12-16H2,1-2H3. The molecule has 1 aliphatic heterocycles. The molecule has 0 spiro atoms. The van der Waals surface area contributed by atoms with Crippen molar-refractivity contribution in [2.24, 2.45) is 0 Å². The van der Waals surface area contributed by atoms with E-state index in [1.165, 1.54) is 5.56 Å². The molecular formula is C25H26Cl2N4O. The van der Waals surface area contributed by atoms with Gasteiger partial charge in [-0.1, -0.05) is 42.3 Å². The molecule has 5 nitrogen and oxygen atoms in total. The zero-order chi connectivity index (χ0) is 22.7. The van der Waals surface area contributed by atoms with E-state index in [9.17, 15) is 4.79 Å². The molecule has 0 N–H and O–H groups in total. The smallest absolute Gasteiger partial charge is 0.253 e. The van der Waals surface area contributed by atoms with Crippen LogP contribution in [0.25, 0.3) is 0 Å². The quantitative estimate of drug-likeness (QED) is 0.515. The number of halogens is 2. The number of piperazine rings is 1. The lowest BCUT2D eigenvalue weighted by molar-refractivity contribution is 0.0746. The first kappa shape index (κ1) is 22.6. The Bertz CT molecular complexity index is 1090. The van der Waals surface area contributed by atoms with Gasteiger partial charge in [0.05, 0.1) is 0 Å². The number of hydrogen-bond acceptors (Lipinski definition) is 4. The lowest BCUT2D eigenvalue weighted by Gasteiger charge is -2.36. The van der Waals surface area contributed by atoms with Gasteiger partial charge < -0.3 is 9.80 Å². The molecule has 1 fully saturated rings. The highest BCUT2D eigenvalue weighted by molar-refractivity contribution is 6.30. The number of hydrogen-bond donors (Lipinski definition) is 0. The van der Waals surface area contributed by atoms with Gasteiger partial charge in [0.15, 0.2) is 0 Å². The first-order valence-corrected chi connectivity index (χ1v) is 11.6. The van der Waals surface area contributed by atoms with E-state index < -0.39 is 0 Å². The predicted octanol–water partition coefficient (Wildman–Crippen LogP) is 5.21. The third-order valence-corrected chi connectivity index (χ3v) is 6.27. The molecule has 166 valence electrons. The van der Waals surface area contributed by atoms with Crippen LogP contribution in [0.1, 0.15) is 39.9 Å². The van der Waals surface area contributed by atoms with Crippen molar-refractivity contribution in [1.29, 1.82) is 0 Å². The number of amides is 1. The van der Waals surface area contributed by atoms with Crippen LogP contribution in [-0.4, -0.2) is 47.0 Å². The van der Waals surface area contributed by atoms with Crippen LogP contribution < -0.4 is 4.90 Å². The summed E-state index contributed by atoms with van der Waals surface area (Å²) in [5, 5.41) is 1.36. The van der Waals surface area contributed by atoms with E-state index in [-0.39, 0.29) is 5.91 Å². The fourth-order valence-electron chi connectivity index (χ4n) is 4.08. The average molecular weight is 469 g/mol. The number of benzene rings is 2. The molecule has 1 amide bonds. The lowest BCUT2D eigenvalue weighted by atomic mass is 10.0.